The Labute approximate surface area is 163 Å². The van der Waals surface area contributed by atoms with Crippen molar-refractivity contribution in [1.29, 1.82) is 0 Å². The second-order valence-corrected chi connectivity index (χ2v) is 6.85. The number of carbonyl (C=O) groups is 2. The number of halogens is 2. The average Bonchev–Trinajstić information content (AvgIpc) is 3.02. The fourth-order valence-corrected chi connectivity index (χ4v) is 3.75. The number of hydrogen-bond donors (Lipinski definition) is 1. The third kappa shape index (κ3) is 4.75. The number of fused-ring (bicyclic) bond motifs is 1. The summed E-state index contributed by atoms with van der Waals surface area (Å²) in [5.41, 5.74) is 0. The van der Waals surface area contributed by atoms with E-state index in [-0.39, 0.29) is 25.5 Å². The lowest BCUT2D eigenvalue weighted by atomic mass is 10.2. The Kier molecular flexibility index (Phi) is 6.26. The molecule has 0 aliphatic rings. The molecule has 0 spiro atoms. The van der Waals surface area contributed by atoms with Crippen LogP contribution in [0.4, 0.5) is 4.39 Å². The monoisotopic (exact) mass is 407 g/mol. The molecule has 0 unspecified atom stereocenters. The van der Waals surface area contributed by atoms with Gasteiger partial charge in [-0.3, -0.25) is 9.59 Å². The Morgan fingerprint density at radius 2 is 1.81 bits per heavy atom. The van der Waals surface area contributed by atoms with Gasteiger partial charge in [0, 0.05) is 10.1 Å². The van der Waals surface area contributed by atoms with E-state index < -0.39 is 17.7 Å². The molecule has 3 rings (SSSR count). The molecule has 0 saturated carbocycles. The number of thiophene rings is 1. The quantitative estimate of drug-likeness (QED) is 0.474. The maximum atomic E-state index is 13.4. The molecular weight excluding hydrogens is 393 g/mol. The molecular formula is C19H15ClFNO4S. The first kappa shape index (κ1) is 19.1. The van der Waals surface area contributed by atoms with Crippen LogP contribution in [0.1, 0.15) is 9.67 Å². The molecule has 1 amide bonds. The number of carbonyl (C=O) groups excluding carboxylic acids is 2. The molecule has 0 atom stereocenters. The van der Waals surface area contributed by atoms with E-state index in [4.69, 9.17) is 21.1 Å². The van der Waals surface area contributed by atoms with Crippen molar-refractivity contribution in [1.82, 2.24) is 5.32 Å². The fraction of sp³-hybridized carbons (Fsp3) is 0.158. The third-order valence-electron chi connectivity index (χ3n) is 3.58. The summed E-state index contributed by atoms with van der Waals surface area (Å²) < 4.78 is 24.4. The largest absolute Gasteiger partial charge is 0.487 e. The Bertz CT molecular complexity index is 975. The van der Waals surface area contributed by atoms with Gasteiger partial charge in [-0.15, -0.1) is 11.3 Å². The number of para-hydroxylation sites is 1. The number of rotatable bonds is 7. The number of esters is 1. The minimum absolute atomic E-state index is 0.00274. The molecule has 2 aromatic carbocycles. The summed E-state index contributed by atoms with van der Waals surface area (Å²) in [4.78, 5) is 24.3. The van der Waals surface area contributed by atoms with E-state index >= 15 is 0 Å². The van der Waals surface area contributed by atoms with Gasteiger partial charge in [0.25, 0.3) is 5.91 Å². The Hall–Kier alpha value is -2.64. The number of amides is 1. The minimum Gasteiger partial charge on any atom is -0.487 e. The highest BCUT2D eigenvalue weighted by Gasteiger charge is 2.17. The Morgan fingerprint density at radius 1 is 1.07 bits per heavy atom. The summed E-state index contributed by atoms with van der Waals surface area (Å²) in [6, 6.07) is 13.3. The summed E-state index contributed by atoms with van der Waals surface area (Å²) in [6.07, 6.45) is 0. The van der Waals surface area contributed by atoms with Gasteiger partial charge < -0.3 is 14.8 Å². The predicted molar refractivity (Wildman–Crippen MR) is 102 cm³/mol. The van der Waals surface area contributed by atoms with E-state index in [0.717, 1.165) is 10.1 Å². The first-order chi connectivity index (χ1) is 13.1. The smallest absolute Gasteiger partial charge is 0.325 e. The van der Waals surface area contributed by atoms with Gasteiger partial charge in [0.1, 0.15) is 24.6 Å². The lowest BCUT2D eigenvalue weighted by Gasteiger charge is -2.08. The zero-order chi connectivity index (χ0) is 19.2. The molecule has 27 heavy (non-hydrogen) atoms. The van der Waals surface area contributed by atoms with E-state index in [9.17, 15) is 14.0 Å². The standard InChI is InChI=1S/C19H15ClFNO4S/c20-17-12-5-1-4-8-15(12)27-18(17)19(24)22-11-16(23)26-10-9-25-14-7-3-2-6-13(14)21/h1-8H,9-11H2,(H,22,24). The van der Waals surface area contributed by atoms with E-state index in [1.165, 1.54) is 23.5 Å². The highest BCUT2D eigenvalue weighted by atomic mass is 35.5. The maximum absolute atomic E-state index is 13.4. The van der Waals surface area contributed by atoms with Crippen molar-refractivity contribution in [2.75, 3.05) is 19.8 Å². The van der Waals surface area contributed by atoms with Crippen LogP contribution in [0.5, 0.6) is 5.75 Å². The van der Waals surface area contributed by atoms with E-state index in [1.807, 2.05) is 24.3 Å². The number of benzene rings is 2. The molecule has 1 N–H and O–H groups in total. The van der Waals surface area contributed by atoms with Crippen LogP contribution in [0.3, 0.4) is 0 Å². The normalized spacial score (nSPS) is 10.6. The fourth-order valence-electron chi connectivity index (χ4n) is 2.31. The zero-order valence-electron chi connectivity index (χ0n) is 14.0. The van der Waals surface area contributed by atoms with Gasteiger partial charge in [0.2, 0.25) is 0 Å². The van der Waals surface area contributed by atoms with Gasteiger partial charge in [-0.25, -0.2) is 4.39 Å². The van der Waals surface area contributed by atoms with E-state index in [0.29, 0.717) is 9.90 Å². The second-order valence-electron chi connectivity index (χ2n) is 5.42. The van der Waals surface area contributed by atoms with Crippen LogP contribution < -0.4 is 10.1 Å². The SMILES string of the molecule is O=C(CNC(=O)c1sc2ccccc2c1Cl)OCCOc1ccccc1F. The molecule has 0 radical (unpaired) electrons. The van der Waals surface area contributed by atoms with Gasteiger partial charge in [-0.1, -0.05) is 41.9 Å². The van der Waals surface area contributed by atoms with Gasteiger partial charge in [0.15, 0.2) is 11.6 Å². The average molecular weight is 408 g/mol. The lowest BCUT2D eigenvalue weighted by Crippen LogP contribution is -2.31. The van der Waals surface area contributed by atoms with Crippen molar-refractivity contribution in [2.24, 2.45) is 0 Å². The molecule has 0 aliphatic carbocycles. The molecule has 0 aliphatic heterocycles. The summed E-state index contributed by atoms with van der Waals surface area (Å²) in [7, 11) is 0. The minimum atomic E-state index is -0.627. The van der Waals surface area contributed by atoms with Crippen molar-refractivity contribution in [3.8, 4) is 5.75 Å². The molecule has 1 heterocycles. The van der Waals surface area contributed by atoms with Crippen LogP contribution in [0.15, 0.2) is 48.5 Å². The van der Waals surface area contributed by atoms with Gasteiger partial charge in [-0.2, -0.15) is 0 Å². The van der Waals surface area contributed by atoms with Crippen LogP contribution in [0.2, 0.25) is 5.02 Å². The highest BCUT2D eigenvalue weighted by molar-refractivity contribution is 7.21. The van der Waals surface area contributed by atoms with Crippen molar-refractivity contribution < 1.29 is 23.5 Å². The summed E-state index contributed by atoms with van der Waals surface area (Å²) in [5, 5.41) is 3.63. The van der Waals surface area contributed by atoms with Crippen molar-refractivity contribution in [3.05, 3.63) is 64.2 Å². The van der Waals surface area contributed by atoms with Gasteiger partial charge in [0.05, 0.1) is 5.02 Å². The van der Waals surface area contributed by atoms with Crippen LogP contribution in [-0.2, 0) is 9.53 Å². The summed E-state index contributed by atoms with van der Waals surface area (Å²) in [6.45, 7) is -0.363. The summed E-state index contributed by atoms with van der Waals surface area (Å²) in [5.74, 6) is -1.48. The van der Waals surface area contributed by atoms with Crippen molar-refractivity contribution in [3.63, 3.8) is 0 Å². The number of hydrogen-bond acceptors (Lipinski definition) is 5. The van der Waals surface area contributed by atoms with Crippen molar-refractivity contribution >= 4 is 44.9 Å². The molecule has 3 aromatic rings. The van der Waals surface area contributed by atoms with Gasteiger partial charge in [-0.05, 0) is 18.2 Å². The second kappa shape index (κ2) is 8.83. The van der Waals surface area contributed by atoms with Crippen LogP contribution in [0.25, 0.3) is 10.1 Å². The topological polar surface area (TPSA) is 64.6 Å². The first-order valence-electron chi connectivity index (χ1n) is 8.04. The highest BCUT2D eigenvalue weighted by Crippen LogP contribution is 2.34. The molecule has 0 saturated heterocycles. The Balaban J connectivity index is 1.44. The molecule has 0 bridgehead atoms. The van der Waals surface area contributed by atoms with Crippen LogP contribution in [-0.4, -0.2) is 31.6 Å². The predicted octanol–water partition coefficient (Wildman–Crippen LogP) is 4.05. The van der Waals surface area contributed by atoms with Crippen LogP contribution >= 0.6 is 22.9 Å². The van der Waals surface area contributed by atoms with E-state index in [1.54, 1.807) is 12.1 Å². The maximum Gasteiger partial charge on any atom is 0.325 e. The number of ether oxygens (including phenoxy) is 2. The van der Waals surface area contributed by atoms with Crippen molar-refractivity contribution in [2.45, 2.75) is 0 Å². The molecule has 0 fully saturated rings. The number of nitrogens with one attached hydrogen (secondary N) is 1. The zero-order valence-corrected chi connectivity index (χ0v) is 15.6. The van der Waals surface area contributed by atoms with Gasteiger partial charge >= 0.3 is 5.97 Å². The lowest BCUT2D eigenvalue weighted by molar-refractivity contribution is -0.143. The Morgan fingerprint density at radius 3 is 2.59 bits per heavy atom. The molecule has 5 nitrogen and oxygen atoms in total. The molecule has 140 valence electrons. The summed E-state index contributed by atoms with van der Waals surface area (Å²) >= 11 is 7.48. The third-order valence-corrected chi connectivity index (χ3v) is 5.25. The molecule has 1 aromatic heterocycles. The molecule has 8 heteroatoms. The first-order valence-corrected chi connectivity index (χ1v) is 9.24. The van der Waals surface area contributed by atoms with Crippen LogP contribution in [0, 0.1) is 5.82 Å². The van der Waals surface area contributed by atoms with E-state index in [2.05, 4.69) is 5.32 Å².